The zero-order valence-electron chi connectivity index (χ0n) is 8.59. The molecule has 78 valence electrons. The number of aryl methyl sites for hydroxylation is 1. The molecule has 0 radical (unpaired) electrons. The van der Waals surface area contributed by atoms with Crippen molar-refractivity contribution < 1.29 is 4.79 Å². The predicted octanol–water partition coefficient (Wildman–Crippen LogP) is 1.28. The summed E-state index contributed by atoms with van der Waals surface area (Å²) in [6, 6.07) is 2.09. The third kappa shape index (κ3) is 3.47. The van der Waals surface area contributed by atoms with Crippen molar-refractivity contribution >= 4 is 17.2 Å². The third-order valence-corrected chi connectivity index (χ3v) is 2.94. The highest BCUT2D eigenvalue weighted by Gasteiger charge is 2.01. The number of rotatable bonds is 5. The Balaban J connectivity index is 2.22. The fourth-order valence-corrected chi connectivity index (χ4v) is 2.01. The van der Waals surface area contributed by atoms with Crippen molar-refractivity contribution in [2.75, 3.05) is 13.1 Å². The van der Waals surface area contributed by atoms with E-state index in [1.165, 1.54) is 10.4 Å². The van der Waals surface area contributed by atoms with E-state index >= 15 is 0 Å². The first-order chi connectivity index (χ1) is 6.74. The van der Waals surface area contributed by atoms with Crippen LogP contribution in [0.25, 0.3) is 0 Å². The molecule has 0 bridgehead atoms. The number of hydrogen-bond donors (Lipinski definition) is 2. The van der Waals surface area contributed by atoms with Gasteiger partial charge in [0.1, 0.15) is 0 Å². The largest absolute Gasteiger partial charge is 0.355 e. The molecule has 0 aliphatic carbocycles. The van der Waals surface area contributed by atoms with Gasteiger partial charge in [0.05, 0.1) is 6.54 Å². The molecular weight excluding hydrogens is 196 g/mol. The minimum atomic E-state index is 0.0571. The minimum absolute atomic E-state index is 0.0571. The Morgan fingerprint density at radius 1 is 1.57 bits per heavy atom. The minimum Gasteiger partial charge on any atom is -0.355 e. The number of thiophene rings is 1. The van der Waals surface area contributed by atoms with E-state index in [0.717, 1.165) is 6.54 Å². The monoisotopic (exact) mass is 212 g/mol. The molecule has 0 aliphatic heterocycles. The highest BCUT2D eigenvalue weighted by atomic mass is 32.1. The zero-order valence-corrected chi connectivity index (χ0v) is 9.41. The number of carbonyl (C=O) groups is 1. The van der Waals surface area contributed by atoms with Crippen molar-refractivity contribution in [3.05, 3.63) is 21.9 Å². The smallest absolute Gasteiger partial charge is 0.233 e. The van der Waals surface area contributed by atoms with Gasteiger partial charge in [-0.25, -0.2) is 0 Å². The lowest BCUT2D eigenvalue weighted by Gasteiger charge is -2.04. The van der Waals surface area contributed by atoms with Crippen molar-refractivity contribution in [3.8, 4) is 0 Å². The lowest BCUT2D eigenvalue weighted by atomic mass is 10.3. The standard InChI is InChI=1S/C10H16N2OS/c1-3-12-10(13)7-11-6-9-8(2)4-5-14-9/h4-5,11H,3,6-7H2,1-2H3,(H,12,13). The van der Waals surface area contributed by atoms with Crippen LogP contribution in [-0.2, 0) is 11.3 Å². The van der Waals surface area contributed by atoms with Gasteiger partial charge in [-0.1, -0.05) is 0 Å². The van der Waals surface area contributed by atoms with E-state index in [9.17, 15) is 4.79 Å². The van der Waals surface area contributed by atoms with E-state index in [0.29, 0.717) is 13.1 Å². The molecule has 1 heterocycles. The number of amides is 1. The Bertz CT molecular complexity index is 296. The van der Waals surface area contributed by atoms with Crippen molar-refractivity contribution in [2.45, 2.75) is 20.4 Å². The van der Waals surface area contributed by atoms with Gasteiger partial charge < -0.3 is 10.6 Å². The fourth-order valence-electron chi connectivity index (χ4n) is 1.13. The van der Waals surface area contributed by atoms with Crippen LogP contribution < -0.4 is 10.6 Å². The Labute approximate surface area is 88.5 Å². The average molecular weight is 212 g/mol. The molecule has 0 saturated carbocycles. The van der Waals surface area contributed by atoms with Crippen LogP contribution in [0.5, 0.6) is 0 Å². The topological polar surface area (TPSA) is 41.1 Å². The van der Waals surface area contributed by atoms with Gasteiger partial charge in [-0.2, -0.15) is 0 Å². The second-order valence-corrected chi connectivity index (χ2v) is 4.08. The SMILES string of the molecule is CCNC(=O)CNCc1sccc1C. The molecule has 2 N–H and O–H groups in total. The molecule has 4 heteroatoms. The van der Waals surface area contributed by atoms with Gasteiger partial charge in [-0.05, 0) is 30.9 Å². The summed E-state index contributed by atoms with van der Waals surface area (Å²) in [6.07, 6.45) is 0. The molecule has 1 rings (SSSR count). The maximum Gasteiger partial charge on any atom is 0.233 e. The quantitative estimate of drug-likeness (QED) is 0.772. The molecule has 0 unspecified atom stereocenters. The molecule has 14 heavy (non-hydrogen) atoms. The molecule has 0 fully saturated rings. The molecular formula is C10H16N2OS. The van der Waals surface area contributed by atoms with Crippen LogP contribution in [-0.4, -0.2) is 19.0 Å². The first-order valence-corrected chi connectivity index (χ1v) is 5.62. The summed E-state index contributed by atoms with van der Waals surface area (Å²) < 4.78 is 0. The van der Waals surface area contributed by atoms with E-state index in [1.54, 1.807) is 11.3 Å². The normalized spacial score (nSPS) is 10.1. The summed E-state index contributed by atoms with van der Waals surface area (Å²) >= 11 is 1.72. The van der Waals surface area contributed by atoms with Gasteiger partial charge in [0.25, 0.3) is 0 Å². The van der Waals surface area contributed by atoms with Gasteiger partial charge >= 0.3 is 0 Å². The van der Waals surface area contributed by atoms with Crippen LogP contribution in [0.1, 0.15) is 17.4 Å². The zero-order chi connectivity index (χ0) is 10.4. The van der Waals surface area contributed by atoms with Crippen LogP contribution in [0.15, 0.2) is 11.4 Å². The van der Waals surface area contributed by atoms with Crippen molar-refractivity contribution in [3.63, 3.8) is 0 Å². The number of carbonyl (C=O) groups excluding carboxylic acids is 1. The molecule has 0 aromatic carbocycles. The van der Waals surface area contributed by atoms with Crippen LogP contribution in [0.2, 0.25) is 0 Å². The lowest BCUT2D eigenvalue weighted by Crippen LogP contribution is -2.33. The van der Waals surface area contributed by atoms with Crippen LogP contribution >= 0.6 is 11.3 Å². The van der Waals surface area contributed by atoms with Gasteiger partial charge in [0.15, 0.2) is 0 Å². The van der Waals surface area contributed by atoms with E-state index < -0.39 is 0 Å². The summed E-state index contributed by atoms with van der Waals surface area (Å²) in [5.41, 5.74) is 1.29. The summed E-state index contributed by atoms with van der Waals surface area (Å²) in [5, 5.41) is 7.92. The predicted molar refractivity (Wildman–Crippen MR) is 59.4 cm³/mol. The molecule has 0 atom stereocenters. The van der Waals surface area contributed by atoms with Crippen molar-refractivity contribution in [1.82, 2.24) is 10.6 Å². The molecule has 0 saturated heterocycles. The van der Waals surface area contributed by atoms with Gasteiger partial charge in [-0.15, -0.1) is 11.3 Å². The van der Waals surface area contributed by atoms with E-state index in [2.05, 4.69) is 29.0 Å². The number of likely N-dealkylation sites (N-methyl/N-ethyl adjacent to an activating group) is 1. The highest BCUT2D eigenvalue weighted by Crippen LogP contribution is 2.14. The van der Waals surface area contributed by atoms with Crippen LogP contribution in [0.4, 0.5) is 0 Å². The van der Waals surface area contributed by atoms with Crippen LogP contribution in [0, 0.1) is 6.92 Å². The second kappa shape index (κ2) is 5.78. The first kappa shape index (κ1) is 11.2. The van der Waals surface area contributed by atoms with E-state index in [-0.39, 0.29) is 5.91 Å². The molecule has 1 aromatic rings. The van der Waals surface area contributed by atoms with Gasteiger partial charge in [0.2, 0.25) is 5.91 Å². The van der Waals surface area contributed by atoms with E-state index in [1.807, 2.05) is 6.92 Å². The highest BCUT2D eigenvalue weighted by molar-refractivity contribution is 7.10. The van der Waals surface area contributed by atoms with Crippen molar-refractivity contribution in [2.24, 2.45) is 0 Å². The van der Waals surface area contributed by atoms with Gasteiger partial charge in [0, 0.05) is 18.0 Å². The summed E-state index contributed by atoms with van der Waals surface area (Å²) in [5.74, 6) is 0.0571. The average Bonchev–Trinajstić information content (AvgIpc) is 2.52. The Hall–Kier alpha value is -0.870. The lowest BCUT2D eigenvalue weighted by molar-refractivity contribution is -0.120. The second-order valence-electron chi connectivity index (χ2n) is 3.08. The van der Waals surface area contributed by atoms with Crippen molar-refractivity contribution in [1.29, 1.82) is 0 Å². The molecule has 1 amide bonds. The number of hydrogen-bond acceptors (Lipinski definition) is 3. The Morgan fingerprint density at radius 3 is 2.93 bits per heavy atom. The summed E-state index contributed by atoms with van der Waals surface area (Å²) in [4.78, 5) is 12.4. The molecule has 0 aliphatic rings. The maximum atomic E-state index is 11.1. The Morgan fingerprint density at radius 2 is 2.36 bits per heavy atom. The van der Waals surface area contributed by atoms with E-state index in [4.69, 9.17) is 0 Å². The number of nitrogens with one attached hydrogen (secondary N) is 2. The third-order valence-electron chi connectivity index (χ3n) is 1.91. The Kier molecular flexibility index (Phi) is 4.62. The molecule has 0 spiro atoms. The van der Waals surface area contributed by atoms with Gasteiger partial charge in [-0.3, -0.25) is 4.79 Å². The maximum absolute atomic E-state index is 11.1. The first-order valence-electron chi connectivity index (χ1n) is 4.74. The fraction of sp³-hybridized carbons (Fsp3) is 0.500. The molecule has 1 aromatic heterocycles. The summed E-state index contributed by atoms with van der Waals surface area (Å²) in [7, 11) is 0. The summed E-state index contributed by atoms with van der Waals surface area (Å²) in [6.45, 7) is 5.87. The molecule has 3 nitrogen and oxygen atoms in total. The van der Waals surface area contributed by atoms with Crippen LogP contribution in [0.3, 0.4) is 0 Å².